The van der Waals surface area contributed by atoms with E-state index in [2.05, 4.69) is 5.32 Å². The maximum Gasteiger partial charge on any atom is 0.291 e. The highest BCUT2D eigenvalue weighted by Crippen LogP contribution is 2.40. The monoisotopic (exact) mass is 387 g/mol. The summed E-state index contributed by atoms with van der Waals surface area (Å²) in [6.07, 6.45) is 0. The summed E-state index contributed by atoms with van der Waals surface area (Å²) in [5.41, 5.74) is 1.31. The molecule has 0 aliphatic heterocycles. The fourth-order valence-corrected chi connectivity index (χ4v) is 2.70. The highest BCUT2D eigenvalue weighted by atomic mass is 35.5. The van der Waals surface area contributed by atoms with Crippen LogP contribution < -0.4 is 19.5 Å². The van der Waals surface area contributed by atoms with Gasteiger partial charge >= 0.3 is 0 Å². The molecule has 1 heterocycles. The lowest BCUT2D eigenvalue weighted by atomic mass is 10.2. The van der Waals surface area contributed by atoms with E-state index in [1.807, 2.05) is 12.1 Å². The molecule has 1 amide bonds. The molecule has 1 N–H and O–H groups in total. The Morgan fingerprint density at radius 2 is 1.56 bits per heavy atom. The van der Waals surface area contributed by atoms with E-state index in [9.17, 15) is 4.79 Å². The third-order valence-electron chi connectivity index (χ3n) is 3.88. The van der Waals surface area contributed by atoms with Gasteiger partial charge in [-0.05, 0) is 36.4 Å². The third kappa shape index (κ3) is 4.01. The van der Waals surface area contributed by atoms with Gasteiger partial charge in [-0.3, -0.25) is 4.79 Å². The molecule has 1 aromatic heterocycles. The molecule has 140 valence electrons. The highest BCUT2D eigenvalue weighted by molar-refractivity contribution is 6.30. The summed E-state index contributed by atoms with van der Waals surface area (Å²) in [5.74, 6) is 1.67. The van der Waals surface area contributed by atoms with Crippen LogP contribution in [0.5, 0.6) is 17.2 Å². The van der Waals surface area contributed by atoms with Gasteiger partial charge in [-0.2, -0.15) is 0 Å². The van der Waals surface area contributed by atoms with Gasteiger partial charge in [0.05, 0.1) is 21.3 Å². The molecule has 2 aromatic carbocycles. The molecule has 0 bridgehead atoms. The van der Waals surface area contributed by atoms with Crippen molar-refractivity contribution in [1.29, 1.82) is 0 Å². The van der Waals surface area contributed by atoms with Gasteiger partial charge in [0.2, 0.25) is 5.75 Å². The lowest BCUT2D eigenvalue weighted by Gasteiger charge is -2.14. The van der Waals surface area contributed by atoms with Crippen LogP contribution in [0.1, 0.15) is 10.6 Å². The zero-order valence-corrected chi connectivity index (χ0v) is 15.8. The van der Waals surface area contributed by atoms with Crippen molar-refractivity contribution in [3.63, 3.8) is 0 Å². The minimum Gasteiger partial charge on any atom is -0.493 e. The van der Waals surface area contributed by atoms with Gasteiger partial charge in [-0.15, -0.1) is 0 Å². The molecule has 0 aliphatic rings. The first kappa shape index (κ1) is 18.7. The molecule has 0 unspecified atom stereocenters. The number of rotatable bonds is 6. The van der Waals surface area contributed by atoms with E-state index in [0.717, 1.165) is 5.56 Å². The highest BCUT2D eigenvalue weighted by Gasteiger charge is 2.17. The van der Waals surface area contributed by atoms with Gasteiger partial charge in [0.25, 0.3) is 5.91 Å². The second-order valence-corrected chi connectivity index (χ2v) is 5.98. The molecule has 0 aliphatic carbocycles. The molecule has 0 saturated carbocycles. The van der Waals surface area contributed by atoms with Gasteiger partial charge in [-0.25, -0.2) is 0 Å². The van der Waals surface area contributed by atoms with Crippen LogP contribution in [0.2, 0.25) is 5.02 Å². The predicted molar refractivity (Wildman–Crippen MR) is 103 cm³/mol. The Kier molecular flexibility index (Phi) is 5.57. The van der Waals surface area contributed by atoms with Crippen LogP contribution in [0.3, 0.4) is 0 Å². The fourth-order valence-electron chi connectivity index (χ4n) is 2.58. The van der Waals surface area contributed by atoms with Crippen molar-refractivity contribution in [1.82, 2.24) is 0 Å². The lowest BCUT2D eigenvalue weighted by Crippen LogP contribution is -2.11. The van der Waals surface area contributed by atoms with Crippen LogP contribution in [-0.4, -0.2) is 27.2 Å². The molecular weight excluding hydrogens is 370 g/mol. The maximum absolute atomic E-state index is 12.5. The summed E-state index contributed by atoms with van der Waals surface area (Å²) in [5, 5.41) is 3.39. The number of carbonyl (C=O) groups excluding carboxylic acids is 1. The largest absolute Gasteiger partial charge is 0.493 e. The molecule has 3 aromatic rings. The Morgan fingerprint density at radius 3 is 2.11 bits per heavy atom. The molecule has 6 nitrogen and oxygen atoms in total. The van der Waals surface area contributed by atoms with Crippen molar-refractivity contribution in [3.05, 3.63) is 59.3 Å². The first-order chi connectivity index (χ1) is 13.0. The summed E-state index contributed by atoms with van der Waals surface area (Å²) in [4.78, 5) is 12.5. The molecule has 0 radical (unpaired) electrons. The molecule has 7 heteroatoms. The summed E-state index contributed by atoms with van der Waals surface area (Å²) in [6, 6.07) is 13.8. The van der Waals surface area contributed by atoms with E-state index >= 15 is 0 Å². The fraction of sp³-hybridized carbons (Fsp3) is 0.150. The number of methoxy groups -OCH3 is 3. The number of benzene rings is 2. The number of nitrogens with one attached hydrogen (secondary N) is 1. The van der Waals surface area contributed by atoms with E-state index in [4.69, 9.17) is 30.2 Å². The van der Waals surface area contributed by atoms with Crippen LogP contribution in [0.15, 0.2) is 52.9 Å². The first-order valence-corrected chi connectivity index (χ1v) is 8.40. The Labute approximate surface area is 161 Å². The Morgan fingerprint density at radius 1 is 0.926 bits per heavy atom. The smallest absolute Gasteiger partial charge is 0.291 e. The summed E-state index contributed by atoms with van der Waals surface area (Å²) < 4.78 is 21.5. The van der Waals surface area contributed by atoms with Gasteiger partial charge in [0.15, 0.2) is 17.3 Å². The van der Waals surface area contributed by atoms with Crippen molar-refractivity contribution in [2.75, 3.05) is 26.6 Å². The lowest BCUT2D eigenvalue weighted by molar-refractivity contribution is 0.0997. The normalized spacial score (nSPS) is 10.4. The van der Waals surface area contributed by atoms with Gasteiger partial charge in [0.1, 0.15) is 5.76 Å². The summed E-state index contributed by atoms with van der Waals surface area (Å²) in [6.45, 7) is 0. The first-order valence-electron chi connectivity index (χ1n) is 8.03. The van der Waals surface area contributed by atoms with Crippen molar-refractivity contribution in [2.24, 2.45) is 0 Å². The second kappa shape index (κ2) is 8.05. The number of carbonyl (C=O) groups is 1. The summed E-state index contributed by atoms with van der Waals surface area (Å²) in [7, 11) is 4.53. The van der Waals surface area contributed by atoms with Gasteiger partial charge in [-0.1, -0.05) is 11.6 Å². The number of amides is 1. The van der Waals surface area contributed by atoms with Crippen LogP contribution >= 0.6 is 11.6 Å². The molecule has 0 atom stereocenters. The minimum absolute atomic E-state index is 0.175. The van der Waals surface area contributed by atoms with Crippen LogP contribution in [-0.2, 0) is 0 Å². The van der Waals surface area contributed by atoms with Gasteiger partial charge in [0, 0.05) is 28.4 Å². The zero-order chi connectivity index (χ0) is 19.4. The van der Waals surface area contributed by atoms with Crippen LogP contribution in [0.4, 0.5) is 5.69 Å². The number of hydrogen-bond acceptors (Lipinski definition) is 5. The molecule has 0 saturated heterocycles. The van der Waals surface area contributed by atoms with E-state index in [1.54, 1.807) is 36.4 Å². The van der Waals surface area contributed by atoms with E-state index in [0.29, 0.717) is 33.7 Å². The predicted octanol–water partition coefficient (Wildman–Crippen LogP) is 4.88. The van der Waals surface area contributed by atoms with Crippen molar-refractivity contribution >= 4 is 23.2 Å². The molecule has 0 fully saturated rings. The second-order valence-electron chi connectivity index (χ2n) is 5.54. The van der Waals surface area contributed by atoms with Crippen molar-refractivity contribution in [3.8, 4) is 28.6 Å². The van der Waals surface area contributed by atoms with Crippen LogP contribution in [0, 0.1) is 0 Å². The van der Waals surface area contributed by atoms with E-state index in [1.165, 1.54) is 21.3 Å². The zero-order valence-electron chi connectivity index (χ0n) is 15.0. The number of halogens is 1. The van der Waals surface area contributed by atoms with Crippen LogP contribution in [0.25, 0.3) is 11.3 Å². The van der Waals surface area contributed by atoms with E-state index in [-0.39, 0.29) is 5.76 Å². The molecular formula is C20H18ClNO5. The van der Waals surface area contributed by atoms with Gasteiger partial charge < -0.3 is 23.9 Å². The average Bonchev–Trinajstić information content (AvgIpc) is 3.18. The molecule has 3 rings (SSSR count). The number of furan rings is 1. The number of ether oxygens (including phenoxy) is 3. The Bertz CT molecular complexity index is 924. The topological polar surface area (TPSA) is 69.9 Å². The SMILES string of the molecule is COc1cc(NC(=O)c2ccc(-c3ccc(Cl)cc3)o2)cc(OC)c1OC. The molecule has 27 heavy (non-hydrogen) atoms. The standard InChI is InChI=1S/C20H18ClNO5/c1-24-17-10-14(11-18(25-2)19(17)26-3)22-20(23)16-9-8-15(27-16)12-4-6-13(21)7-5-12/h4-11H,1-3H3,(H,22,23). The van der Waals surface area contributed by atoms with E-state index < -0.39 is 5.91 Å². The van der Waals surface area contributed by atoms with Crippen molar-refractivity contribution < 1.29 is 23.4 Å². The Balaban J connectivity index is 1.82. The quantitative estimate of drug-likeness (QED) is 0.652. The average molecular weight is 388 g/mol. The number of hydrogen-bond donors (Lipinski definition) is 1. The van der Waals surface area contributed by atoms with Crippen molar-refractivity contribution in [2.45, 2.75) is 0 Å². The third-order valence-corrected chi connectivity index (χ3v) is 4.13. The number of anilines is 1. The minimum atomic E-state index is -0.399. The summed E-state index contributed by atoms with van der Waals surface area (Å²) >= 11 is 5.89. The maximum atomic E-state index is 12.5. The molecule has 0 spiro atoms. The Hall–Kier alpha value is -3.12.